The van der Waals surface area contributed by atoms with Crippen molar-refractivity contribution in [3.63, 3.8) is 0 Å². The molecule has 0 saturated heterocycles. The number of hydrogen-bond donors (Lipinski definition) is 4. The predicted octanol–water partition coefficient (Wildman–Crippen LogP) is -0.461. The van der Waals surface area contributed by atoms with Gasteiger partial charge in [-0.25, -0.2) is 0 Å². The van der Waals surface area contributed by atoms with E-state index in [1.165, 1.54) is 0 Å². The van der Waals surface area contributed by atoms with Gasteiger partial charge < -0.3 is 21.3 Å². The average Bonchev–Trinajstić information content (AvgIpc) is 2.12. The van der Waals surface area contributed by atoms with E-state index in [9.17, 15) is 4.79 Å². The van der Waals surface area contributed by atoms with E-state index in [-0.39, 0.29) is 12.6 Å². The number of carbonyl (C=O) groups is 1. The van der Waals surface area contributed by atoms with E-state index in [1.807, 2.05) is 0 Å². The summed E-state index contributed by atoms with van der Waals surface area (Å²) in [4.78, 5) is 10.6. The van der Waals surface area contributed by atoms with Crippen LogP contribution in [-0.4, -0.2) is 41.9 Å². The van der Waals surface area contributed by atoms with Gasteiger partial charge in [0.2, 0.25) is 0 Å². The Bertz CT molecular complexity index is 164. The molecule has 0 bridgehead atoms. The lowest BCUT2D eigenvalue weighted by Crippen LogP contribution is -2.34. The van der Waals surface area contributed by atoms with E-state index >= 15 is 0 Å². The number of aliphatic hydroxyl groups excluding tert-OH is 1. The second-order valence-electron chi connectivity index (χ2n) is 3.38. The van der Waals surface area contributed by atoms with Gasteiger partial charge in [0, 0.05) is 12.6 Å². The van der Waals surface area contributed by atoms with Crippen molar-refractivity contribution in [2.45, 2.75) is 37.8 Å². The summed E-state index contributed by atoms with van der Waals surface area (Å²) in [7, 11) is 1.63. The maximum atomic E-state index is 10.6. The van der Waals surface area contributed by atoms with Crippen molar-refractivity contribution in [3.05, 3.63) is 0 Å². The first-order valence-corrected chi connectivity index (χ1v) is 4.88. The largest absolute Gasteiger partial charge is 0.480 e. The monoisotopic (exact) mass is 204 g/mol. The van der Waals surface area contributed by atoms with Crippen molar-refractivity contribution in [2.75, 3.05) is 13.7 Å². The Hall–Kier alpha value is -0.650. The van der Waals surface area contributed by atoms with Gasteiger partial charge in [0.1, 0.15) is 6.04 Å². The standard InChI is InChI=1S/C9H20N2O3/c1-11-8(9(13)14)4-2-3-7(10)5-6-12/h7-8,11-12H,2-6,10H2,1H3,(H,13,14)/t7?,8-/m0/s1. The molecule has 5 nitrogen and oxygen atoms in total. The third kappa shape index (κ3) is 5.90. The molecule has 0 fully saturated rings. The maximum Gasteiger partial charge on any atom is 0.320 e. The average molecular weight is 204 g/mol. The molecule has 0 aliphatic heterocycles. The number of carboxylic acid groups (broad SMARTS) is 1. The Morgan fingerprint density at radius 2 is 2.07 bits per heavy atom. The molecular weight excluding hydrogens is 184 g/mol. The quantitative estimate of drug-likeness (QED) is 0.429. The highest BCUT2D eigenvalue weighted by Crippen LogP contribution is 2.05. The number of aliphatic carboxylic acids is 1. The molecule has 84 valence electrons. The number of likely N-dealkylation sites (N-methyl/N-ethyl adjacent to an activating group) is 1. The molecule has 0 radical (unpaired) electrons. The summed E-state index contributed by atoms with van der Waals surface area (Å²) < 4.78 is 0. The normalized spacial score (nSPS) is 15.1. The molecule has 5 N–H and O–H groups in total. The predicted molar refractivity (Wildman–Crippen MR) is 54.0 cm³/mol. The Kier molecular flexibility index (Phi) is 7.37. The fourth-order valence-electron chi connectivity index (χ4n) is 1.29. The van der Waals surface area contributed by atoms with E-state index in [4.69, 9.17) is 15.9 Å². The van der Waals surface area contributed by atoms with Crippen LogP contribution in [0, 0.1) is 0 Å². The van der Waals surface area contributed by atoms with Crippen molar-refractivity contribution >= 4 is 5.97 Å². The smallest absolute Gasteiger partial charge is 0.320 e. The molecule has 0 aromatic rings. The van der Waals surface area contributed by atoms with Crippen LogP contribution in [0.3, 0.4) is 0 Å². The summed E-state index contributed by atoms with van der Waals surface area (Å²) >= 11 is 0. The zero-order chi connectivity index (χ0) is 11.0. The molecule has 0 aliphatic rings. The minimum atomic E-state index is -0.830. The maximum absolute atomic E-state index is 10.6. The van der Waals surface area contributed by atoms with Crippen LogP contribution in [0.4, 0.5) is 0 Å². The Morgan fingerprint density at radius 1 is 1.43 bits per heavy atom. The summed E-state index contributed by atoms with van der Waals surface area (Å²) in [5.41, 5.74) is 5.66. The topological polar surface area (TPSA) is 95.6 Å². The van der Waals surface area contributed by atoms with Gasteiger partial charge >= 0.3 is 5.97 Å². The number of rotatable bonds is 8. The number of hydrogen-bond acceptors (Lipinski definition) is 4. The summed E-state index contributed by atoms with van der Waals surface area (Å²) in [5, 5.41) is 20.0. The van der Waals surface area contributed by atoms with Gasteiger partial charge in [0.25, 0.3) is 0 Å². The zero-order valence-corrected chi connectivity index (χ0v) is 8.57. The summed E-state index contributed by atoms with van der Waals surface area (Å²) in [6.07, 6.45) is 2.67. The van der Waals surface area contributed by atoms with Crippen LogP contribution in [0.5, 0.6) is 0 Å². The van der Waals surface area contributed by atoms with E-state index in [1.54, 1.807) is 7.05 Å². The number of carboxylic acids is 1. The Morgan fingerprint density at radius 3 is 2.50 bits per heavy atom. The molecule has 0 rings (SSSR count). The zero-order valence-electron chi connectivity index (χ0n) is 8.57. The number of aliphatic hydroxyl groups is 1. The highest BCUT2D eigenvalue weighted by Gasteiger charge is 2.14. The SMILES string of the molecule is CN[C@@H](CCCC(N)CCO)C(=O)O. The molecule has 0 aliphatic carbocycles. The first-order valence-electron chi connectivity index (χ1n) is 4.88. The molecule has 0 amide bonds. The lowest BCUT2D eigenvalue weighted by atomic mass is 10.0. The van der Waals surface area contributed by atoms with Crippen molar-refractivity contribution in [3.8, 4) is 0 Å². The highest BCUT2D eigenvalue weighted by atomic mass is 16.4. The molecule has 0 spiro atoms. The molecule has 5 heteroatoms. The first kappa shape index (κ1) is 13.4. The van der Waals surface area contributed by atoms with Gasteiger partial charge in [-0.15, -0.1) is 0 Å². The lowest BCUT2D eigenvalue weighted by Gasteiger charge is -2.13. The fraction of sp³-hybridized carbons (Fsp3) is 0.889. The number of nitrogens with one attached hydrogen (secondary N) is 1. The van der Waals surface area contributed by atoms with Crippen LogP contribution in [0.15, 0.2) is 0 Å². The Balaban J connectivity index is 3.55. The molecule has 2 atom stereocenters. The molecule has 0 heterocycles. The van der Waals surface area contributed by atoms with Crippen molar-refractivity contribution in [2.24, 2.45) is 5.73 Å². The highest BCUT2D eigenvalue weighted by molar-refractivity contribution is 5.73. The second kappa shape index (κ2) is 7.73. The molecule has 0 aromatic heterocycles. The third-order valence-electron chi connectivity index (χ3n) is 2.21. The fourth-order valence-corrected chi connectivity index (χ4v) is 1.29. The van der Waals surface area contributed by atoms with Gasteiger partial charge in [0.05, 0.1) is 0 Å². The van der Waals surface area contributed by atoms with Crippen LogP contribution in [0.25, 0.3) is 0 Å². The van der Waals surface area contributed by atoms with Crippen LogP contribution < -0.4 is 11.1 Å². The van der Waals surface area contributed by atoms with Crippen LogP contribution >= 0.6 is 0 Å². The summed E-state index contributed by atoms with van der Waals surface area (Å²) in [6.45, 7) is 0.0928. The van der Waals surface area contributed by atoms with Crippen molar-refractivity contribution in [1.29, 1.82) is 0 Å². The van der Waals surface area contributed by atoms with Gasteiger partial charge in [-0.3, -0.25) is 4.79 Å². The number of nitrogens with two attached hydrogens (primary N) is 1. The summed E-state index contributed by atoms with van der Waals surface area (Å²) in [6, 6.07) is -0.511. The van der Waals surface area contributed by atoms with Crippen molar-refractivity contribution in [1.82, 2.24) is 5.32 Å². The van der Waals surface area contributed by atoms with Gasteiger partial charge in [-0.05, 0) is 32.7 Å². The lowest BCUT2D eigenvalue weighted by molar-refractivity contribution is -0.139. The second-order valence-corrected chi connectivity index (χ2v) is 3.38. The van der Waals surface area contributed by atoms with E-state index in [0.29, 0.717) is 12.8 Å². The molecule has 0 saturated carbocycles. The van der Waals surface area contributed by atoms with E-state index in [2.05, 4.69) is 5.32 Å². The van der Waals surface area contributed by atoms with Crippen LogP contribution in [0.1, 0.15) is 25.7 Å². The van der Waals surface area contributed by atoms with E-state index < -0.39 is 12.0 Å². The van der Waals surface area contributed by atoms with Crippen LogP contribution in [0.2, 0.25) is 0 Å². The third-order valence-corrected chi connectivity index (χ3v) is 2.21. The molecule has 0 aromatic carbocycles. The minimum absolute atomic E-state index is 0.0219. The van der Waals surface area contributed by atoms with Crippen LogP contribution in [-0.2, 0) is 4.79 Å². The van der Waals surface area contributed by atoms with E-state index in [0.717, 1.165) is 12.8 Å². The Labute approximate surface area is 84.3 Å². The van der Waals surface area contributed by atoms with Crippen molar-refractivity contribution < 1.29 is 15.0 Å². The van der Waals surface area contributed by atoms with Gasteiger partial charge in [-0.2, -0.15) is 0 Å². The summed E-state index contributed by atoms with van der Waals surface area (Å²) in [5.74, 6) is -0.830. The molecular formula is C9H20N2O3. The van der Waals surface area contributed by atoms with Gasteiger partial charge in [0.15, 0.2) is 0 Å². The first-order chi connectivity index (χ1) is 6.61. The minimum Gasteiger partial charge on any atom is -0.480 e. The molecule has 14 heavy (non-hydrogen) atoms. The van der Waals surface area contributed by atoms with Gasteiger partial charge in [-0.1, -0.05) is 0 Å². The molecule has 1 unspecified atom stereocenters.